The van der Waals surface area contributed by atoms with E-state index in [0.29, 0.717) is 18.8 Å². The van der Waals surface area contributed by atoms with Crippen molar-refractivity contribution in [1.82, 2.24) is 5.06 Å². The maximum Gasteiger partial charge on any atom is 0.265 e. The van der Waals surface area contributed by atoms with E-state index >= 15 is 0 Å². The molecule has 1 aliphatic heterocycles. The molecular weight excluding hydrogens is 244 g/mol. The first-order valence-corrected chi connectivity index (χ1v) is 6.51. The molecule has 1 heterocycles. The molecule has 0 bridgehead atoms. The number of carbonyl (C=O) groups excluding carboxylic acids is 2. The lowest BCUT2D eigenvalue weighted by Gasteiger charge is -2.21. The minimum Gasteiger partial charge on any atom is -0.285 e. The van der Waals surface area contributed by atoms with E-state index in [4.69, 9.17) is 4.84 Å². The van der Waals surface area contributed by atoms with Crippen LogP contribution in [0, 0.1) is 0 Å². The quantitative estimate of drug-likeness (QED) is 0.597. The molecule has 19 heavy (non-hydrogen) atoms. The molecule has 1 aromatic rings. The van der Waals surface area contributed by atoms with Crippen LogP contribution in [-0.2, 0) is 14.4 Å². The highest BCUT2D eigenvalue weighted by molar-refractivity contribution is 6.22. The van der Waals surface area contributed by atoms with Crippen LogP contribution in [0.15, 0.2) is 30.3 Å². The summed E-state index contributed by atoms with van der Waals surface area (Å²) in [7, 11) is 0. The summed E-state index contributed by atoms with van der Waals surface area (Å²) >= 11 is 0. The van der Waals surface area contributed by atoms with Gasteiger partial charge in [0.05, 0.1) is 12.1 Å². The Labute approximate surface area is 112 Å². The lowest BCUT2D eigenvalue weighted by molar-refractivity contribution is -0.192. The number of carbonyl (C=O) groups is 2. The van der Waals surface area contributed by atoms with Gasteiger partial charge in [-0.2, -0.15) is 5.06 Å². The van der Waals surface area contributed by atoms with Crippen LogP contribution < -0.4 is 4.90 Å². The van der Waals surface area contributed by atoms with Gasteiger partial charge in [-0.25, -0.2) is 4.90 Å². The second kappa shape index (κ2) is 5.95. The van der Waals surface area contributed by atoms with E-state index in [0.717, 1.165) is 0 Å². The van der Waals surface area contributed by atoms with E-state index in [9.17, 15) is 9.59 Å². The zero-order valence-corrected chi connectivity index (χ0v) is 11.2. The van der Waals surface area contributed by atoms with Gasteiger partial charge in [-0.05, 0) is 12.1 Å². The van der Waals surface area contributed by atoms with Crippen molar-refractivity contribution in [1.29, 1.82) is 0 Å². The van der Waals surface area contributed by atoms with Crippen molar-refractivity contribution in [3.05, 3.63) is 30.3 Å². The fraction of sp³-hybridized carbons (Fsp3) is 0.429. The second-order valence-corrected chi connectivity index (χ2v) is 4.32. The maximum absolute atomic E-state index is 12.2. The number of hydrogen-bond acceptors (Lipinski definition) is 4. The predicted molar refractivity (Wildman–Crippen MR) is 71.3 cm³/mol. The zero-order valence-electron chi connectivity index (χ0n) is 11.2. The van der Waals surface area contributed by atoms with Crippen LogP contribution in [-0.4, -0.2) is 36.1 Å². The number of anilines is 1. The highest BCUT2D eigenvalue weighted by Crippen LogP contribution is 2.24. The fourth-order valence-electron chi connectivity index (χ4n) is 2.09. The van der Waals surface area contributed by atoms with Crippen molar-refractivity contribution in [3.63, 3.8) is 0 Å². The van der Waals surface area contributed by atoms with E-state index in [1.807, 2.05) is 19.9 Å². The molecule has 2 amide bonds. The van der Waals surface area contributed by atoms with Crippen molar-refractivity contribution < 1.29 is 14.4 Å². The number of benzene rings is 1. The van der Waals surface area contributed by atoms with Gasteiger partial charge in [-0.3, -0.25) is 14.4 Å². The SMILES string of the molecule is CCN(CC)OC1CC(=O)N(c2ccccc2)C1=O. The first kappa shape index (κ1) is 13.7. The highest BCUT2D eigenvalue weighted by atomic mass is 16.7. The van der Waals surface area contributed by atoms with Crippen LogP contribution in [0.25, 0.3) is 0 Å². The molecule has 0 spiro atoms. The fourth-order valence-corrected chi connectivity index (χ4v) is 2.09. The third-order valence-corrected chi connectivity index (χ3v) is 3.10. The summed E-state index contributed by atoms with van der Waals surface area (Å²) in [5.74, 6) is -0.503. The number of amides is 2. The first-order chi connectivity index (χ1) is 9.17. The number of hydroxylamine groups is 2. The number of hydrogen-bond donors (Lipinski definition) is 0. The van der Waals surface area contributed by atoms with E-state index < -0.39 is 6.10 Å². The van der Waals surface area contributed by atoms with Gasteiger partial charge in [-0.1, -0.05) is 32.0 Å². The van der Waals surface area contributed by atoms with Crippen LogP contribution in [0.1, 0.15) is 20.3 Å². The highest BCUT2D eigenvalue weighted by Gasteiger charge is 2.41. The number of para-hydroxylation sites is 1. The topological polar surface area (TPSA) is 49.9 Å². The molecule has 2 rings (SSSR count). The van der Waals surface area contributed by atoms with Gasteiger partial charge in [0, 0.05) is 13.1 Å². The van der Waals surface area contributed by atoms with Gasteiger partial charge in [0.2, 0.25) is 5.91 Å². The normalized spacial score (nSPS) is 19.5. The lowest BCUT2D eigenvalue weighted by atomic mass is 10.3. The average molecular weight is 262 g/mol. The van der Waals surface area contributed by atoms with Gasteiger partial charge in [0.15, 0.2) is 6.10 Å². The minimum atomic E-state index is -0.701. The van der Waals surface area contributed by atoms with Crippen molar-refractivity contribution >= 4 is 17.5 Å². The van der Waals surface area contributed by atoms with Gasteiger partial charge < -0.3 is 0 Å². The summed E-state index contributed by atoms with van der Waals surface area (Å²) < 4.78 is 0. The molecule has 5 heteroatoms. The smallest absolute Gasteiger partial charge is 0.265 e. The molecule has 1 atom stereocenters. The lowest BCUT2D eigenvalue weighted by Crippen LogP contribution is -2.36. The van der Waals surface area contributed by atoms with Crippen molar-refractivity contribution in [2.45, 2.75) is 26.4 Å². The molecule has 5 nitrogen and oxygen atoms in total. The third-order valence-electron chi connectivity index (χ3n) is 3.10. The van der Waals surface area contributed by atoms with Crippen LogP contribution in [0.2, 0.25) is 0 Å². The van der Waals surface area contributed by atoms with E-state index in [2.05, 4.69) is 0 Å². The Morgan fingerprint density at radius 1 is 1.21 bits per heavy atom. The van der Waals surface area contributed by atoms with Crippen LogP contribution >= 0.6 is 0 Å². The van der Waals surface area contributed by atoms with Crippen molar-refractivity contribution in [2.75, 3.05) is 18.0 Å². The Kier molecular flexibility index (Phi) is 4.29. The van der Waals surface area contributed by atoms with E-state index in [-0.39, 0.29) is 18.2 Å². The molecule has 102 valence electrons. The number of rotatable bonds is 5. The first-order valence-electron chi connectivity index (χ1n) is 6.51. The standard InChI is InChI=1S/C14H18N2O3/c1-3-15(4-2)19-12-10-13(17)16(14(12)18)11-8-6-5-7-9-11/h5-9,12H,3-4,10H2,1-2H3. The molecule has 1 fully saturated rings. The van der Waals surface area contributed by atoms with Gasteiger partial charge in [0.25, 0.3) is 5.91 Å². The van der Waals surface area contributed by atoms with Gasteiger partial charge >= 0.3 is 0 Å². The Morgan fingerprint density at radius 3 is 2.42 bits per heavy atom. The average Bonchev–Trinajstić information content (AvgIpc) is 2.71. The Bertz CT molecular complexity index is 457. The Balaban J connectivity index is 2.13. The Hall–Kier alpha value is -1.72. The molecule has 1 aromatic carbocycles. The van der Waals surface area contributed by atoms with Crippen LogP contribution in [0.3, 0.4) is 0 Å². The molecule has 0 N–H and O–H groups in total. The second-order valence-electron chi connectivity index (χ2n) is 4.32. The van der Waals surface area contributed by atoms with Crippen LogP contribution in [0.5, 0.6) is 0 Å². The molecule has 0 radical (unpaired) electrons. The molecule has 1 unspecified atom stereocenters. The van der Waals surface area contributed by atoms with Crippen molar-refractivity contribution in [2.24, 2.45) is 0 Å². The van der Waals surface area contributed by atoms with Crippen molar-refractivity contribution in [3.8, 4) is 0 Å². The summed E-state index contributed by atoms with van der Waals surface area (Å²) in [5, 5.41) is 1.68. The summed E-state index contributed by atoms with van der Waals surface area (Å²) in [6.45, 7) is 5.25. The molecule has 1 saturated heterocycles. The Morgan fingerprint density at radius 2 is 1.84 bits per heavy atom. The van der Waals surface area contributed by atoms with Gasteiger partial charge in [0.1, 0.15) is 0 Å². The zero-order chi connectivity index (χ0) is 13.8. The van der Waals surface area contributed by atoms with Gasteiger partial charge in [-0.15, -0.1) is 0 Å². The molecular formula is C14H18N2O3. The molecule has 0 aromatic heterocycles. The number of imide groups is 1. The largest absolute Gasteiger partial charge is 0.285 e. The minimum absolute atomic E-state index is 0.101. The molecule has 1 aliphatic rings. The van der Waals surface area contributed by atoms with E-state index in [1.54, 1.807) is 29.3 Å². The summed E-state index contributed by atoms with van der Waals surface area (Å²) in [5.41, 5.74) is 0.600. The monoisotopic (exact) mass is 262 g/mol. The summed E-state index contributed by atoms with van der Waals surface area (Å²) in [4.78, 5) is 31.0. The molecule has 0 aliphatic carbocycles. The number of nitrogens with zero attached hydrogens (tertiary/aromatic N) is 2. The summed E-state index contributed by atoms with van der Waals surface area (Å²) in [6.07, 6.45) is -0.600. The van der Waals surface area contributed by atoms with Crippen LogP contribution in [0.4, 0.5) is 5.69 Å². The maximum atomic E-state index is 12.2. The molecule has 0 saturated carbocycles. The predicted octanol–water partition coefficient (Wildman–Crippen LogP) is 1.59. The summed E-state index contributed by atoms with van der Waals surface area (Å²) in [6, 6.07) is 8.94. The van der Waals surface area contributed by atoms with E-state index in [1.165, 1.54) is 4.90 Å². The third kappa shape index (κ3) is 2.83.